The van der Waals surface area contributed by atoms with Crippen LogP contribution in [0.15, 0.2) is 22.8 Å². The number of para-hydroxylation sites is 1. The van der Waals surface area contributed by atoms with Gasteiger partial charge in [-0.15, -0.1) is 0 Å². The molecule has 2 aromatic heterocycles. The van der Waals surface area contributed by atoms with Crippen LogP contribution in [0.25, 0.3) is 16.8 Å². The first kappa shape index (κ1) is 11.3. The number of aromatic nitrogens is 3. The maximum Gasteiger partial charge on any atom is 0.355 e. The van der Waals surface area contributed by atoms with Gasteiger partial charge in [0.05, 0.1) is 11.0 Å². The second-order valence-corrected chi connectivity index (χ2v) is 4.94. The number of carboxylic acids is 1. The lowest BCUT2D eigenvalue weighted by Crippen LogP contribution is -2.05. The Bertz CT molecular complexity index is 801. The quantitative estimate of drug-likeness (QED) is 0.752. The summed E-state index contributed by atoms with van der Waals surface area (Å²) in [5.74, 6) is -0.362. The summed E-state index contributed by atoms with van der Waals surface area (Å²) in [4.78, 5) is 15.7. The molecule has 0 saturated carbocycles. The van der Waals surface area contributed by atoms with E-state index in [1.807, 2.05) is 29.5 Å². The van der Waals surface area contributed by atoms with Gasteiger partial charge in [-0.1, -0.05) is 12.1 Å². The van der Waals surface area contributed by atoms with E-state index in [-0.39, 0.29) is 5.69 Å². The molecule has 0 aliphatic heterocycles. The molecule has 0 spiro atoms. The van der Waals surface area contributed by atoms with Crippen LogP contribution in [0.1, 0.15) is 16.1 Å². The first-order valence-corrected chi connectivity index (χ1v) is 6.17. The highest BCUT2D eigenvalue weighted by Crippen LogP contribution is 2.28. The minimum atomic E-state index is -0.976. The third-order valence-electron chi connectivity index (χ3n) is 3.10. The number of hydrogen-bond donors (Lipinski definition) is 1. The molecule has 0 bridgehead atoms. The van der Waals surface area contributed by atoms with Crippen molar-refractivity contribution in [2.45, 2.75) is 6.92 Å². The van der Waals surface area contributed by atoms with Crippen LogP contribution in [0.4, 0.5) is 0 Å². The minimum absolute atomic E-state index is 0.195. The number of fused-ring (bicyclic) bond motifs is 3. The highest BCUT2D eigenvalue weighted by molar-refractivity contribution is 9.10. The molecule has 0 unspecified atom stereocenters. The number of imidazole rings is 2. The van der Waals surface area contributed by atoms with E-state index in [0.717, 1.165) is 16.6 Å². The molecule has 1 N–H and O–H groups in total. The lowest BCUT2D eigenvalue weighted by atomic mass is 10.2. The Hall–Kier alpha value is -1.82. The molecule has 0 amide bonds. The van der Waals surface area contributed by atoms with E-state index in [9.17, 15) is 9.90 Å². The normalized spacial score (nSPS) is 11.5. The van der Waals surface area contributed by atoms with Gasteiger partial charge in [-0.25, -0.2) is 9.78 Å². The molecular weight excluding hydrogens is 298 g/mol. The Kier molecular flexibility index (Phi) is 2.25. The van der Waals surface area contributed by atoms with Crippen molar-refractivity contribution in [1.29, 1.82) is 0 Å². The lowest BCUT2D eigenvalue weighted by molar-refractivity contribution is 0.0685. The molecule has 0 aliphatic carbocycles. The number of rotatable bonds is 1. The summed E-state index contributed by atoms with van der Waals surface area (Å²) < 4.78 is 3.90. The third-order valence-corrected chi connectivity index (χ3v) is 3.83. The fourth-order valence-corrected chi connectivity index (χ4v) is 3.01. The van der Waals surface area contributed by atoms with Crippen LogP contribution in [0.2, 0.25) is 0 Å². The molecule has 0 fully saturated rings. The molecule has 92 valence electrons. The lowest BCUT2D eigenvalue weighted by Gasteiger charge is -1.97. The molecule has 0 saturated heterocycles. The van der Waals surface area contributed by atoms with Crippen LogP contribution < -0.4 is 0 Å². The van der Waals surface area contributed by atoms with E-state index in [2.05, 4.69) is 20.9 Å². The second-order valence-electron chi connectivity index (χ2n) is 4.19. The van der Waals surface area contributed by atoms with Gasteiger partial charge < -0.3 is 9.67 Å². The van der Waals surface area contributed by atoms with Gasteiger partial charge in [0.15, 0.2) is 5.69 Å². The molecule has 5 nitrogen and oxygen atoms in total. The Labute approximate surface area is 111 Å². The summed E-state index contributed by atoms with van der Waals surface area (Å²) in [6, 6.07) is 5.85. The van der Waals surface area contributed by atoms with E-state index in [0.29, 0.717) is 10.4 Å². The predicted molar refractivity (Wildman–Crippen MR) is 71.1 cm³/mol. The van der Waals surface area contributed by atoms with Crippen LogP contribution in [-0.2, 0) is 7.05 Å². The first-order valence-electron chi connectivity index (χ1n) is 5.37. The first-order chi connectivity index (χ1) is 8.52. The van der Waals surface area contributed by atoms with Crippen molar-refractivity contribution in [1.82, 2.24) is 14.0 Å². The molecule has 0 radical (unpaired) electrons. The second kappa shape index (κ2) is 3.58. The maximum absolute atomic E-state index is 11.2. The van der Waals surface area contributed by atoms with Gasteiger partial charge >= 0.3 is 5.97 Å². The summed E-state index contributed by atoms with van der Waals surface area (Å²) in [6.45, 7) is 1.99. The number of nitrogens with zero attached hydrogens (tertiary/aromatic N) is 3. The van der Waals surface area contributed by atoms with Crippen molar-refractivity contribution in [3.05, 3.63) is 34.1 Å². The average Bonchev–Trinajstić information content (AvgIpc) is 2.78. The van der Waals surface area contributed by atoms with E-state index in [1.54, 1.807) is 11.6 Å². The Morgan fingerprint density at radius 3 is 2.83 bits per heavy atom. The molecule has 1 aromatic carbocycles. The average molecular weight is 308 g/mol. The van der Waals surface area contributed by atoms with Gasteiger partial charge in [-0.2, -0.15) is 0 Å². The van der Waals surface area contributed by atoms with Crippen LogP contribution in [0.3, 0.4) is 0 Å². The predicted octanol–water partition coefficient (Wildman–Crippen LogP) is 2.60. The van der Waals surface area contributed by atoms with Gasteiger partial charge in [-0.3, -0.25) is 4.40 Å². The molecular formula is C12H10BrN3O2. The van der Waals surface area contributed by atoms with Crippen molar-refractivity contribution in [2.24, 2.45) is 7.05 Å². The summed E-state index contributed by atoms with van der Waals surface area (Å²) in [5, 5.41) is 9.20. The van der Waals surface area contributed by atoms with E-state index >= 15 is 0 Å². The fraction of sp³-hybridized carbons (Fsp3) is 0.167. The Morgan fingerprint density at radius 2 is 2.17 bits per heavy atom. The van der Waals surface area contributed by atoms with Crippen LogP contribution in [-0.4, -0.2) is 25.0 Å². The van der Waals surface area contributed by atoms with Gasteiger partial charge in [0.1, 0.15) is 4.60 Å². The highest BCUT2D eigenvalue weighted by atomic mass is 79.9. The molecule has 2 heterocycles. The Balaban J connectivity index is 2.57. The van der Waals surface area contributed by atoms with E-state index < -0.39 is 5.97 Å². The van der Waals surface area contributed by atoms with Gasteiger partial charge in [0.25, 0.3) is 0 Å². The summed E-state index contributed by atoms with van der Waals surface area (Å²) in [5.41, 5.74) is 3.06. The van der Waals surface area contributed by atoms with Crippen LogP contribution in [0.5, 0.6) is 0 Å². The number of aryl methyl sites for hydroxylation is 2. The molecule has 18 heavy (non-hydrogen) atoms. The van der Waals surface area contributed by atoms with Crippen LogP contribution >= 0.6 is 15.9 Å². The molecule has 3 aromatic rings. The molecule has 0 atom stereocenters. The van der Waals surface area contributed by atoms with Gasteiger partial charge in [-0.05, 0) is 34.5 Å². The maximum atomic E-state index is 11.2. The van der Waals surface area contributed by atoms with Crippen molar-refractivity contribution >= 4 is 38.7 Å². The number of hydrogen-bond acceptors (Lipinski definition) is 2. The van der Waals surface area contributed by atoms with Gasteiger partial charge in [0, 0.05) is 7.05 Å². The molecule has 6 heteroatoms. The van der Waals surface area contributed by atoms with Crippen molar-refractivity contribution in [2.75, 3.05) is 0 Å². The zero-order chi connectivity index (χ0) is 13.0. The highest BCUT2D eigenvalue weighted by Gasteiger charge is 2.22. The van der Waals surface area contributed by atoms with Crippen molar-refractivity contribution < 1.29 is 9.90 Å². The van der Waals surface area contributed by atoms with E-state index in [4.69, 9.17) is 0 Å². The number of aromatic carboxylic acids is 1. The Morgan fingerprint density at radius 1 is 1.44 bits per heavy atom. The molecule has 0 aliphatic rings. The number of carboxylic acid groups (broad SMARTS) is 1. The van der Waals surface area contributed by atoms with Crippen molar-refractivity contribution in [3.63, 3.8) is 0 Å². The zero-order valence-electron chi connectivity index (χ0n) is 9.81. The van der Waals surface area contributed by atoms with Crippen molar-refractivity contribution in [3.8, 4) is 0 Å². The molecule has 3 rings (SSSR count). The smallest absolute Gasteiger partial charge is 0.355 e. The number of benzene rings is 1. The number of carbonyl (C=O) groups is 1. The minimum Gasteiger partial charge on any atom is -0.476 e. The van der Waals surface area contributed by atoms with Gasteiger partial charge in [0.2, 0.25) is 5.78 Å². The number of halogens is 1. The summed E-state index contributed by atoms with van der Waals surface area (Å²) >= 11 is 3.35. The monoisotopic (exact) mass is 307 g/mol. The fourth-order valence-electron chi connectivity index (χ4n) is 2.22. The standard InChI is InChI=1S/C12H10BrN3O2/c1-6-4-3-5-7-8(6)14-12-15(2)9(11(17)18)10(13)16(7)12/h3-5H,1-2H3,(H,17,18). The zero-order valence-corrected chi connectivity index (χ0v) is 11.4. The largest absolute Gasteiger partial charge is 0.476 e. The SMILES string of the molecule is Cc1cccc2c1nc1n(C)c(C(=O)O)c(Br)n21. The topological polar surface area (TPSA) is 59.5 Å². The van der Waals surface area contributed by atoms with E-state index in [1.165, 1.54) is 0 Å². The summed E-state index contributed by atoms with van der Waals surface area (Å²) in [6.07, 6.45) is 0. The summed E-state index contributed by atoms with van der Waals surface area (Å²) in [7, 11) is 1.70. The van der Waals surface area contributed by atoms with Crippen LogP contribution in [0, 0.1) is 6.92 Å². The third kappa shape index (κ3) is 1.26.